The van der Waals surface area contributed by atoms with E-state index in [0.717, 1.165) is 5.75 Å². The van der Waals surface area contributed by atoms with Crippen LogP contribution in [0.5, 0.6) is 5.75 Å². The van der Waals surface area contributed by atoms with Gasteiger partial charge in [0.15, 0.2) is 0 Å². The Bertz CT molecular complexity index is 888. The summed E-state index contributed by atoms with van der Waals surface area (Å²) in [6.07, 6.45) is 0. The van der Waals surface area contributed by atoms with Crippen LogP contribution in [-0.4, -0.2) is 56.3 Å². The Morgan fingerprint density at radius 2 is 1.57 bits per heavy atom. The molecule has 0 bridgehead atoms. The largest absolute Gasteiger partial charge is 0.493 e. The predicted octanol–water partition coefficient (Wildman–Crippen LogP) is 2.87. The van der Waals surface area contributed by atoms with E-state index in [1.54, 1.807) is 59.5 Å². The van der Waals surface area contributed by atoms with Crippen LogP contribution in [0.25, 0.3) is 0 Å². The first-order valence-corrected chi connectivity index (χ1v) is 10.9. The zero-order valence-corrected chi connectivity index (χ0v) is 17.1. The third-order valence-electron chi connectivity index (χ3n) is 4.59. The van der Waals surface area contributed by atoms with E-state index < -0.39 is 10.0 Å². The molecule has 0 atom stereocenters. The molecule has 0 unspecified atom stereocenters. The maximum atomic E-state index is 12.7. The van der Waals surface area contributed by atoms with E-state index in [2.05, 4.69) is 13.8 Å². The number of nitrogens with zero attached hydrogens (tertiary/aromatic N) is 2. The number of carbonyl (C=O) groups excluding carboxylic acids is 1. The highest BCUT2D eigenvalue weighted by Crippen LogP contribution is 2.19. The second-order valence-corrected chi connectivity index (χ2v) is 9.18. The van der Waals surface area contributed by atoms with Crippen molar-refractivity contribution in [3.63, 3.8) is 0 Å². The Balaban J connectivity index is 1.59. The van der Waals surface area contributed by atoms with Crippen LogP contribution in [0.2, 0.25) is 0 Å². The standard InChI is InChI=1S/C21H26N2O4S/c1-17(2)16-27-19-10-8-18(9-11-19)21(24)22-12-14-23(15-13-22)28(25,26)20-6-4-3-5-7-20/h3-11,17H,12-16H2,1-2H3. The Hall–Kier alpha value is -2.38. The molecule has 0 radical (unpaired) electrons. The van der Waals surface area contributed by atoms with Gasteiger partial charge >= 0.3 is 0 Å². The van der Waals surface area contributed by atoms with E-state index in [9.17, 15) is 13.2 Å². The molecule has 0 aromatic heterocycles. The second kappa shape index (κ2) is 8.75. The number of ether oxygens (including phenoxy) is 1. The lowest BCUT2D eigenvalue weighted by Crippen LogP contribution is -2.50. The maximum absolute atomic E-state index is 12.7. The Morgan fingerprint density at radius 3 is 2.14 bits per heavy atom. The smallest absolute Gasteiger partial charge is 0.253 e. The number of carbonyl (C=O) groups is 1. The predicted molar refractivity (Wildman–Crippen MR) is 108 cm³/mol. The van der Waals surface area contributed by atoms with Gasteiger partial charge < -0.3 is 9.64 Å². The van der Waals surface area contributed by atoms with Crippen molar-refractivity contribution in [1.29, 1.82) is 0 Å². The van der Waals surface area contributed by atoms with Crippen LogP contribution < -0.4 is 4.74 Å². The molecule has 150 valence electrons. The topological polar surface area (TPSA) is 66.9 Å². The molecule has 0 saturated carbocycles. The average Bonchev–Trinajstić information content (AvgIpc) is 2.73. The molecule has 2 aromatic rings. The van der Waals surface area contributed by atoms with Gasteiger partial charge in [-0.3, -0.25) is 4.79 Å². The molecule has 1 aliphatic rings. The fraction of sp³-hybridized carbons (Fsp3) is 0.381. The monoisotopic (exact) mass is 402 g/mol. The van der Waals surface area contributed by atoms with Crippen LogP contribution in [-0.2, 0) is 10.0 Å². The fourth-order valence-corrected chi connectivity index (χ4v) is 4.46. The summed E-state index contributed by atoms with van der Waals surface area (Å²) < 4.78 is 32.5. The maximum Gasteiger partial charge on any atom is 0.253 e. The van der Waals surface area contributed by atoms with Crippen molar-refractivity contribution in [2.24, 2.45) is 5.92 Å². The van der Waals surface area contributed by atoms with Gasteiger partial charge in [0.1, 0.15) is 5.75 Å². The highest BCUT2D eigenvalue weighted by Gasteiger charge is 2.30. The minimum absolute atomic E-state index is 0.0906. The number of amides is 1. The van der Waals surface area contributed by atoms with Crippen LogP contribution in [0.4, 0.5) is 0 Å². The number of sulfonamides is 1. The van der Waals surface area contributed by atoms with Gasteiger partial charge in [-0.1, -0.05) is 32.0 Å². The highest BCUT2D eigenvalue weighted by atomic mass is 32.2. The molecule has 0 N–H and O–H groups in total. The molecule has 1 amide bonds. The van der Waals surface area contributed by atoms with Gasteiger partial charge in [-0.25, -0.2) is 8.42 Å². The Morgan fingerprint density at radius 1 is 0.964 bits per heavy atom. The molecule has 0 aliphatic carbocycles. The molecular formula is C21H26N2O4S. The van der Waals surface area contributed by atoms with E-state index in [0.29, 0.717) is 44.3 Å². The first-order valence-electron chi connectivity index (χ1n) is 9.45. The van der Waals surface area contributed by atoms with Crippen molar-refractivity contribution >= 4 is 15.9 Å². The number of hydrogen-bond donors (Lipinski definition) is 0. The van der Waals surface area contributed by atoms with Crippen LogP contribution in [0.3, 0.4) is 0 Å². The molecule has 28 heavy (non-hydrogen) atoms. The normalized spacial score (nSPS) is 15.6. The Labute approximate surface area is 166 Å². The summed E-state index contributed by atoms with van der Waals surface area (Å²) in [4.78, 5) is 14.7. The summed E-state index contributed by atoms with van der Waals surface area (Å²) >= 11 is 0. The van der Waals surface area contributed by atoms with Gasteiger partial charge in [0.05, 0.1) is 11.5 Å². The minimum Gasteiger partial charge on any atom is -0.493 e. The molecule has 0 spiro atoms. The lowest BCUT2D eigenvalue weighted by molar-refractivity contribution is 0.0698. The van der Waals surface area contributed by atoms with Crippen LogP contribution in [0, 0.1) is 5.92 Å². The second-order valence-electron chi connectivity index (χ2n) is 7.24. The lowest BCUT2D eigenvalue weighted by Gasteiger charge is -2.34. The van der Waals surface area contributed by atoms with Gasteiger partial charge in [0.2, 0.25) is 10.0 Å². The molecular weight excluding hydrogens is 376 g/mol. The quantitative estimate of drug-likeness (QED) is 0.745. The summed E-state index contributed by atoms with van der Waals surface area (Å²) in [5.74, 6) is 1.08. The molecule has 1 heterocycles. The third kappa shape index (κ3) is 4.72. The SMILES string of the molecule is CC(C)COc1ccc(C(=O)N2CCN(S(=O)(=O)c3ccccc3)CC2)cc1. The lowest BCUT2D eigenvalue weighted by atomic mass is 10.1. The van der Waals surface area contributed by atoms with Crippen molar-refractivity contribution in [3.8, 4) is 5.75 Å². The molecule has 1 fully saturated rings. The summed E-state index contributed by atoms with van der Waals surface area (Å²) in [5, 5.41) is 0. The number of rotatable bonds is 6. The molecule has 6 nitrogen and oxygen atoms in total. The molecule has 1 aliphatic heterocycles. The summed E-state index contributed by atoms with van der Waals surface area (Å²) in [5.41, 5.74) is 0.580. The van der Waals surface area contributed by atoms with E-state index in [4.69, 9.17) is 4.74 Å². The van der Waals surface area contributed by atoms with Crippen LogP contribution >= 0.6 is 0 Å². The van der Waals surface area contributed by atoms with Gasteiger partial charge in [0.25, 0.3) is 5.91 Å². The molecule has 3 rings (SSSR count). The van der Waals surface area contributed by atoms with Crippen molar-refractivity contribution in [3.05, 3.63) is 60.2 Å². The summed E-state index contributed by atoms with van der Waals surface area (Å²) in [7, 11) is -3.52. The third-order valence-corrected chi connectivity index (χ3v) is 6.50. The van der Waals surface area contributed by atoms with Crippen LogP contribution in [0.1, 0.15) is 24.2 Å². The van der Waals surface area contributed by atoms with E-state index >= 15 is 0 Å². The fourth-order valence-electron chi connectivity index (χ4n) is 3.01. The van der Waals surface area contributed by atoms with E-state index in [1.807, 2.05) is 0 Å². The van der Waals surface area contributed by atoms with Crippen molar-refractivity contribution in [2.45, 2.75) is 18.7 Å². The van der Waals surface area contributed by atoms with Gasteiger partial charge in [-0.05, 0) is 42.3 Å². The zero-order valence-electron chi connectivity index (χ0n) is 16.2. The average molecular weight is 403 g/mol. The van der Waals surface area contributed by atoms with Gasteiger partial charge in [0, 0.05) is 31.7 Å². The summed E-state index contributed by atoms with van der Waals surface area (Å²) in [6, 6.07) is 15.5. The van der Waals surface area contributed by atoms with Crippen LogP contribution in [0.15, 0.2) is 59.5 Å². The summed E-state index contributed by atoms with van der Waals surface area (Å²) in [6.45, 7) is 6.11. The van der Waals surface area contributed by atoms with Crippen molar-refractivity contribution in [2.75, 3.05) is 32.8 Å². The molecule has 2 aromatic carbocycles. The van der Waals surface area contributed by atoms with Gasteiger partial charge in [-0.15, -0.1) is 0 Å². The first kappa shape index (κ1) is 20.4. The number of hydrogen-bond acceptors (Lipinski definition) is 4. The first-order chi connectivity index (χ1) is 13.4. The minimum atomic E-state index is -3.52. The number of benzene rings is 2. The van der Waals surface area contributed by atoms with E-state index in [-0.39, 0.29) is 10.8 Å². The van der Waals surface area contributed by atoms with E-state index in [1.165, 1.54) is 4.31 Å². The molecule has 1 saturated heterocycles. The highest BCUT2D eigenvalue weighted by molar-refractivity contribution is 7.89. The van der Waals surface area contributed by atoms with Crippen molar-refractivity contribution in [1.82, 2.24) is 9.21 Å². The zero-order chi connectivity index (χ0) is 20.1. The Kier molecular flexibility index (Phi) is 6.36. The molecule has 7 heteroatoms. The van der Waals surface area contributed by atoms with Gasteiger partial charge in [-0.2, -0.15) is 4.31 Å². The van der Waals surface area contributed by atoms with Crippen molar-refractivity contribution < 1.29 is 17.9 Å². The number of piperazine rings is 1.